The molecule has 0 unspecified atom stereocenters. The van der Waals surface area contributed by atoms with Crippen LogP contribution in [0.3, 0.4) is 0 Å². The van der Waals surface area contributed by atoms with E-state index in [9.17, 15) is 18.0 Å². The maximum Gasteiger partial charge on any atom is 0.337 e. The van der Waals surface area contributed by atoms with E-state index in [0.29, 0.717) is 17.9 Å². The maximum atomic E-state index is 12.6. The Balaban J connectivity index is 2.30. The van der Waals surface area contributed by atoms with Gasteiger partial charge in [0, 0.05) is 12.6 Å². The van der Waals surface area contributed by atoms with Gasteiger partial charge in [0.2, 0.25) is 5.91 Å². The highest BCUT2D eigenvalue weighted by molar-refractivity contribution is 7.92. The Morgan fingerprint density at radius 3 is 2.30 bits per heavy atom. The first-order valence-corrected chi connectivity index (χ1v) is 9.50. The molecule has 0 aliphatic heterocycles. The second-order valence-electron chi connectivity index (χ2n) is 5.45. The minimum atomic E-state index is -3.92. The van der Waals surface area contributed by atoms with E-state index in [1.165, 1.54) is 56.5 Å². The number of amides is 1. The van der Waals surface area contributed by atoms with E-state index in [1.54, 1.807) is 6.92 Å². The Kier molecular flexibility index (Phi) is 6.40. The molecule has 0 aromatic heterocycles. The van der Waals surface area contributed by atoms with Crippen LogP contribution in [0, 0.1) is 0 Å². The topological polar surface area (TPSA) is 111 Å². The summed E-state index contributed by atoms with van der Waals surface area (Å²) in [5, 5.41) is 2.55. The summed E-state index contributed by atoms with van der Waals surface area (Å²) in [7, 11) is -2.65. The van der Waals surface area contributed by atoms with E-state index >= 15 is 0 Å². The van der Waals surface area contributed by atoms with Crippen molar-refractivity contribution in [1.82, 2.24) is 0 Å². The van der Waals surface area contributed by atoms with Gasteiger partial charge in [-0.05, 0) is 49.4 Å². The predicted octanol–water partition coefficient (Wildman–Crippen LogP) is 2.63. The zero-order valence-electron chi connectivity index (χ0n) is 15.1. The lowest BCUT2D eigenvalue weighted by atomic mass is 10.2. The number of rotatable bonds is 7. The van der Waals surface area contributed by atoms with Gasteiger partial charge >= 0.3 is 5.97 Å². The second-order valence-corrected chi connectivity index (χ2v) is 7.13. The highest BCUT2D eigenvalue weighted by Crippen LogP contribution is 2.29. The van der Waals surface area contributed by atoms with Crippen molar-refractivity contribution in [3.63, 3.8) is 0 Å². The van der Waals surface area contributed by atoms with Crippen LogP contribution in [0.25, 0.3) is 0 Å². The number of benzene rings is 2. The fraction of sp³-hybridized carbons (Fsp3) is 0.222. The van der Waals surface area contributed by atoms with Crippen LogP contribution in [0.5, 0.6) is 5.75 Å². The van der Waals surface area contributed by atoms with Gasteiger partial charge in [-0.1, -0.05) is 0 Å². The summed E-state index contributed by atoms with van der Waals surface area (Å²) in [6.07, 6.45) is 0. The van der Waals surface area contributed by atoms with E-state index in [0.717, 1.165) is 0 Å². The Labute approximate surface area is 157 Å². The van der Waals surface area contributed by atoms with Gasteiger partial charge in [-0.15, -0.1) is 0 Å². The minimum Gasteiger partial charge on any atom is -0.492 e. The third-order valence-electron chi connectivity index (χ3n) is 3.43. The molecule has 2 aromatic carbocycles. The number of carbonyl (C=O) groups is 2. The summed E-state index contributed by atoms with van der Waals surface area (Å²) >= 11 is 0. The first-order valence-electron chi connectivity index (χ1n) is 8.02. The molecule has 0 radical (unpaired) electrons. The van der Waals surface area contributed by atoms with Crippen molar-refractivity contribution in [2.24, 2.45) is 0 Å². The van der Waals surface area contributed by atoms with Gasteiger partial charge in [0.05, 0.1) is 29.9 Å². The molecule has 27 heavy (non-hydrogen) atoms. The number of hydrogen-bond donors (Lipinski definition) is 2. The molecule has 0 bridgehead atoms. The zero-order chi connectivity index (χ0) is 20.0. The zero-order valence-corrected chi connectivity index (χ0v) is 15.9. The van der Waals surface area contributed by atoms with Crippen LogP contribution in [0.1, 0.15) is 24.2 Å². The van der Waals surface area contributed by atoms with Crippen LogP contribution >= 0.6 is 0 Å². The second kappa shape index (κ2) is 8.54. The van der Waals surface area contributed by atoms with Crippen molar-refractivity contribution in [2.45, 2.75) is 18.7 Å². The Bertz CT molecular complexity index is 939. The quantitative estimate of drug-likeness (QED) is 0.701. The fourth-order valence-electron chi connectivity index (χ4n) is 2.25. The highest BCUT2D eigenvalue weighted by atomic mass is 32.2. The van der Waals surface area contributed by atoms with Crippen LogP contribution in [0.4, 0.5) is 11.4 Å². The molecule has 0 aliphatic carbocycles. The lowest BCUT2D eigenvalue weighted by Crippen LogP contribution is -2.15. The number of hydrogen-bond acceptors (Lipinski definition) is 6. The fourth-order valence-corrected chi connectivity index (χ4v) is 3.34. The average molecular weight is 392 g/mol. The first kappa shape index (κ1) is 20.2. The number of methoxy groups -OCH3 is 1. The Hall–Kier alpha value is -3.07. The van der Waals surface area contributed by atoms with E-state index < -0.39 is 16.0 Å². The van der Waals surface area contributed by atoms with Crippen LogP contribution in [0.15, 0.2) is 47.4 Å². The number of carbonyl (C=O) groups excluding carboxylic acids is 2. The molecule has 2 N–H and O–H groups in total. The Morgan fingerprint density at radius 2 is 1.74 bits per heavy atom. The molecule has 9 heteroatoms. The standard InChI is InChI=1S/C18H20N2O6S/c1-4-26-17-10-9-15(11-16(17)19-12(2)21)27(23,24)20-14-7-5-13(6-8-14)18(22)25-3/h5-11,20H,4H2,1-3H3,(H,19,21). The molecule has 8 nitrogen and oxygen atoms in total. The summed E-state index contributed by atoms with van der Waals surface area (Å²) in [6.45, 7) is 3.46. The Morgan fingerprint density at radius 1 is 1.07 bits per heavy atom. The maximum absolute atomic E-state index is 12.6. The van der Waals surface area contributed by atoms with E-state index in [4.69, 9.17) is 4.74 Å². The van der Waals surface area contributed by atoms with E-state index in [1.807, 2.05) is 0 Å². The molecular weight excluding hydrogens is 372 g/mol. The third kappa shape index (κ3) is 5.20. The lowest BCUT2D eigenvalue weighted by molar-refractivity contribution is -0.114. The van der Waals surface area contributed by atoms with Gasteiger partial charge in [0.15, 0.2) is 0 Å². The van der Waals surface area contributed by atoms with Gasteiger partial charge in [-0.3, -0.25) is 9.52 Å². The van der Waals surface area contributed by atoms with Crippen LogP contribution in [-0.4, -0.2) is 34.0 Å². The smallest absolute Gasteiger partial charge is 0.337 e. The molecule has 0 aliphatic rings. The molecule has 0 fully saturated rings. The van der Waals surface area contributed by atoms with Gasteiger partial charge in [-0.2, -0.15) is 0 Å². The predicted molar refractivity (Wildman–Crippen MR) is 101 cm³/mol. The summed E-state index contributed by atoms with van der Waals surface area (Å²) < 4.78 is 37.7. The van der Waals surface area contributed by atoms with Crippen molar-refractivity contribution in [3.05, 3.63) is 48.0 Å². The number of sulfonamides is 1. The van der Waals surface area contributed by atoms with E-state index in [2.05, 4.69) is 14.8 Å². The lowest BCUT2D eigenvalue weighted by Gasteiger charge is -2.13. The van der Waals surface area contributed by atoms with Crippen molar-refractivity contribution in [2.75, 3.05) is 23.8 Å². The molecule has 0 heterocycles. The highest BCUT2D eigenvalue weighted by Gasteiger charge is 2.18. The molecular formula is C18H20N2O6S. The summed E-state index contributed by atoms with van der Waals surface area (Å²) in [6, 6.07) is 9.97. The molecule has 2 rings (SSSR count). The normalized spacial score (nSPS) is 10.8. The summed E-state index contributed by atoms with van der Waals surface area (Å²) in [5.74, 6) is -0.498. The molecule has 0 saturated heterocycles. The van der Waals surface area contributed by atoms with Crippen molar-refractivity contribution in [1.29, 1.82) is 0 Å². The molecule has 0 spiro atoms. The van der Waals surface area contributed by atoms with Crippen LogP contribution < -0.4 is 14.8 Å². The number of esters is 1. The molecule has 0 saturated carbocycles. The van der Waals surface area contributed by atoms with Crippen LogP contribution in [-0.2, 0) is 19.6 Å². The summed E-state index contributed by atoms with van der Waals surface area (Å²) in [5.41, 5.74) is 0.834. The molecule has 2 aromatic rings. The first-order chi connectivity index (χ1) is 12.8. The SMILES string of the molecule is CCOc1ccc(S(=O)(=O)Nc2ccc(C(=O)OC)cc2)cc1NC(C)=O. The largest absolute Gasteiger partial charge is 0.492 e. The molecule has 144 valence electrons. The monoisotopic (exact) mass is 392 g/mol. The van der Waals surface area contributed by atoms with Gasteiger partial charge in [0.25, 0.3) is 10.0 Å². The van der Waals surface area contributed by atoms with Crippen molar-refractivity contribution in [3.8, 4) is 5.75 Å². The number of anilines is 2. The number of ether oxygens (including phenoxy) is 2. The van der Waals surface area contributed by atoms with Gasteiger partial charge < -0.3 is 14.8 Å². The van der Waals surface area contributed by atoms with Crippen molar-refractivity contribution < 1.29 is 27.5 Å². The minimum absolute atomic E-state index is 0.0493. The third-order valence-corrected chi connectivity index (χ3v) is 4.81. The molecule has 1 amide bonds. The average Bonchev–Trinajstić information content (AvgIpc) is 2.62. The number of nitrogens with one attached hydrogen (secondary N) is 2. The van der Waals surface area contributed by atoms with Gasteiger partial charge in [-0.25, -0.2) is 13.2 Å². The van der Waals surface area contributed by atoms with Crippen molar-refractivity contribution >= 4 is 33.3 Å². The summed E-state index contributed by atoms with van der Waals surface area (Å²) in [4.78, 5) is 22.7. The molecule has 0 atom stereocenters. The van der Waals surface area contributed by atoms with Crippen LogP contribution in [0.2, 0.25) is 0 Å². The van der Waals surface area contributed by atoms with E-state index in [-0.39, 0.29) is 22.2 Å². The van der Waals surface area contributed by atoms with Gasteiger partial charge in [0.1, 0.15) is 5.75 Å².